The number of benzene rings is 1. The van der Waals surface area contributed by atoms with Gasteiger partial charge in [0.15, 0.2) is 11.5 Å². The zero-order chi connectivity index (χ0) is 20.4. The number of hydrogen-bond acceptors (Lipinski definition) is 4. The van der Waals surface area contributed by atoms with Gasteiger partial charge in [0.05, 0.1) is 13.7 Å². The van der Waals surface area contributed by atoms with Crippen LogP contribution in [0.1, 0.15) is 51.0 Å². The second kappa shape index (κ2) is 11.7. The van der Waals surface area contributed by atoms with E-state index in [0.717, 1.165) is 49.5 Å². The molecular weight excluding hydrogens is 352 g/mol. The Morgan fingerprint density at radius 1 is 1.18 bits per heavy atom. The highest BCUT2D eigenvalue weighted by molar-refractivity contribution is 5.92. The second-order valence-electron chi connectivity index (χ2n) is 8.07. The fraction of sp³-hybridized carbons (Fsp3) is 0.609. The van der Waals surface area contributed by atoms with Crippen LogP contribution >= 0.6 is 0 Å². The smallest absolute Gasteiger partial charge is 0.244 e. The number of carbonyl (C=O) groups excluding carboxylic acids is 1. The minimum atomic E-state index is -0.0280. The first kappa shape index (κ1) is 22.3. The van der Waals surface area contributed by atoms with Gasteiger partial charge in [-0.2, -0.15) is 0 Å². The summed E-state index contributed by atoms with van der Waals surface area (Å²) in [7, 11) is 5.79. The highest BCUT2D eigenvalue weighted by Gasteiger charge is 2.18. The van der Waals surface area contributed by atoms with Crippen LogP contribution in [0.4, 0.5) is 0 Å². The molecule has 1 fully saturated rings. The summed E-state index contributed by atoms with van der Waals surface area (Å²) in [4.78, 5) is 14.4. The lowest BCUT2D eigenvalue weighted by atomic mass is 9.87. The van der Waals surface area contributed by atoms with Crippen LogP contribution in [0.3, 0.4) is 0 Å². The predicted molar refractivity (Wildman–Crippen MR) is 115 cm³/mol. The fourth-order valence-corrected chi connectivity index (χ4v) is 3.44. The number of amides is 1. The summed E-state index contributed by atoms with van der Waals surface area (Å²) in [5.41, 5.74) is 0.921. The molecule has 0 spiro atoms. The Morgan fingerprint density at radius 3 is 2.61 bits per heavy atom. The van der Waals surface area contributed by atoms with Gasteiger partial charge in [-0.1, -0.05) is 13.0 Å². The van der Waals surface area contributed by atoms with E-state index in [0.29, 0.717) is 18.4 Å². The number of nitrogens with one attached hydrogen (secondary N) is 1. The minimum absolute atomic E-state index is 0.0280. The third-order valence-corrected chi connectivity index (χ3v) is 5.23. The molecule has 28 heavy (non-hydrogen) atoms. The molecule has 1 aliphatic carbocycles. The van der Waals surface area contributed by atoms with Crippen LogP contribution in [0.5, 0.6) is 11.5 Å². The quantitative estimate of drug-likeness (QED) is 0.484. The molecule has 156 valence electrons. The first-order chi connectivity index (χ1) is 13.5. The maximum absolute atomic E-state index is 12.2. The molecule has 0 aromatic heterocycles. The Hall–Kier alpha value is -2.01. The highest BCUT2D eigenvalue weighted by atomic mass is 16.5. The molecule has 1 aliphatic rings. The van der Waals surface area contributed by atoms with Gasteiger partial charge >= 0.3 is 0 Å². The number of hydrogen-bond donors (Lipinski definition) is 1. The van der Waals surface area contributed by atoms with E-state index in [4.69, 9.17) is 9.47 Å². The molecule has 1 aromatic carbocycles. The Balaban J connectivity index is 1.83. The molecule has 0 bridgehead atoms. The van der Waals surface area contributed by atoms with Crippen LogP contribution in [-0.4, -0.2) is 51.2 Å². The van der Waals surface area contributed by atoms with Gasteiger partial charge in [-0.05, 0) is 88.9 Å². The van der Waals surface area contributed by atoms with Crippen LogP contribution in [0, 0.1) is 5.92 Å². The largest absolute Gasteiger partial charge is 0.493 e. The Labute approximate surface area is 170 Å². The molecule has 0 atom stereocenters. The van der Waals surface area contributed by atoms with E-state index in [9.17, 15) is 4.79 Å². The average Bonchev–Trinajstić information content (AvgIpc) is 2.68. The maximum Gasteiger partial charge on any atom is 0.244 e. The lowest BCUT2D eigenvalue weighted by molar-refractivity contribution is -0.117. The molecule has 5 nitrogen and oxygen atoms in total. The standard InChI is InChI=1S/C23H36N2O3/c1-18-7-11-20(12-8-18)24-23(26)14-10-19-9-13-21(22(17-19)27-4)28-16-6-5-15-25(2)3/h9-10,13-14,17-18,20H,5-8,11-12,15-16H2,1-4H3,(H,24,26)/b14-10+/t18-,20-. The molecule has 0 unspecified atom stereocenters. The van der Waals surface area contributed by atoms with Gasteiger partial charge in [-0.15, -0.1) is 0 Å². The van der Waals surface area contributed by atoms with Gasteiger partial charge in [0.25, 0.3) is 0 Å². The van der Waals surface area contributed by atoms with Crippen LogP contribution in [0.25, 0.3) is 6.08 Å². The van der Waals surface area contributed by atoms with E-state index in [1.165, 1.54) is 12.8 Å². The SMILES string of the molecule is COc1cc(/C=C/C(=O)N[C@H]2CC[C@H](C)CC2)ccc1OCCCCN(C)C. The molecule has 0 aliphatic heterocycles. The second-order valence-corrected chi connectivity index (χ2v) is 8.07. The van der Waals surface area contributed by atoms with E-state index in [-0.39, 0.29) is 5.91 Å². The van der Waals surface area contributed by atoms with Crippen LogP contribution in [0.15, 0.2) is 24.3 Å². The van der Waals surface area contributed by atoms with Crippen molar-refractivity contribution in [1.82, 2.24) is 10.2 Å². The van der Waals surface area contributed by atoms with Gasteiger partial charge in [-0.3, -0.25) is 4.79 Å². The van der Waals surface area contributed by atoms with Crippen molar-refractivity contribution in [3.8, 4) is 11.5 Å². The third kappa shape index (κ3) is 7.93. The van der Waals surface area contributed by atoms with Gasteiger partial charge < -0.3 is 19.7 Å². The zero-order valence-corrected chi connectivity index (χ0v) is 17.9. The van der Waals surface area contributed by atoms with Gasteiger partial charge in [0.1, 0.15) is 0 Å². The topological polar surface area (TPSA) is 50.8 Å². The summed E-state index contributed by atoms with van der Waals surface area (Å²) in [6, 6.07) is 6.07. The predicted octanol–water partition coefficient (Wildman–Crippen LogP) is 4.12. The van der Waals surface area contributed by atoms with Crippen molar-refractivity contribution < 1.29 is 14.3 Å². The summed E-state index contributed by atoms with van der Waals surface area (Å²) in [5, 5.41) is 3.11. The number of unbranched alkanes of at least 4 members (excludes halogenated alkanes) is 1. The third-order valence-electron chi connectivity index (χ3n) is 5.23. The zero-order valence-electron chi connectivity index (χ0n) is 17.9. The molecule has 0 radical (unpaired) electrons. The molecule has 1 N–H and O–H groups in total. The van der Waals surface area contributed by atoms with E-state index >= 15 is 0 Å². The normalized spacial score (nSPS) is 19.8. The monoisotopic (exact) mass is 388 g/mol. The molecule has 1 saturated carbocycles. The summed E-state index contributed by atoms with van der Waals surface area (Å²) in [5.74, 6) is 2.19. The maximum atomic E-state index is 12.2. The highest BCUT2D eigenvalue weighted by Crippen LogP contribution is 2.29. The molecular formula is C23H36N2O3. The van der Waals surface area contributed by atoms with Gasteiger partial charge in [0.2, 0.25) is 5.91 Å². The first-order valence-corrected chi connectivity index (χ1v) is 10.4. The lowest BCUT2D eigenvalue weighted by Crippen LogP contribution is -2.36. The minimum Gasteiger partial charge on any atom is -0.493 e. The van der Waals surface area contributed by atoms with E-state index < -0.39 is 0 Å². The summed E-state index contributed by atoms with van der Waals surface area (Å²) in [6.45, 7) is 4.01. The molecule has 0 heterocycles. The van der Waals surface area contributed by atoms with Crippen LogP contribution in [-0.2, 0) is 4.79 Å². The van der Waals surface area contributed by atoms with Crippen molar-refractivity contribution in [2.24, 2.45) is 5.92 Å². The van der Waals surface area contributed by atoms with Crippen molar-refractivity contribution in [2.75, 3.05) is 34.4 Å². The van der Waals surface area contributed by atoms with Crippen molar-refractivity contribution in [3.05, 3.63) is 29.8 Å². The van der Waals surface area contributed by atoms with Crippen molar-refractivity contribution >= 4 is 12.0 Å². The van der Waals surface area contributed by atoms with Gasteiger partial charge in [-0.25, -0.2) is 0 Å². The Kier molecular flexibility index (Phi) is 9.35. The first-order valence-electron chi connectivity index (χ1n) is 10.4. The number of ether oxygens (including phenoxy) is 2. The van der Waals surface area contributed by atoms with Crippen molar-refractivity contribution in [1.29, 1.82) is 0 Å². The number of rotatable bonds is 10. The Bertz CT molecular complexity index is 635. The van der Waals surface area contributed by atoms with Crippen molar-refractivity contribution in [2.45, 2.75) is 51.5 Å². The van der Waals surface area contributed by atoms with Gasteiger partial charge in [0, 0.05) is 12.1 Å². The molecule has 2 rings (SSSR count). The molecule has 1 aromatic rings. The molecule has 1 amide bonds. The van der Waals surface area contributed by atoms with Crippen LogP contribution in [0.2, 0.25) is 0 Å². The van der Waals surface area contributed by atoms with E-state index in [2.05, 4.69) is 31.2 Å². The molecule has 0 saturated heterocycles. The van der Waals surface area contributed by atoms with Crippen molar-refractivity contribution in [3.63, 3.8) is 0 Å². The van der Waals surface area contributed by atoms with E-state index in [1.807, 2.05) is 24.3 Å². The number of methoxy groups -OCH3 is 1. The molecule has 5 heteroatoms. The average molecular weight is 389 g/mol. The van der Waals surface area contributed by atoms with Crippen LogP contribution < -0.4 is 14.8 Å². The summed E-state index contributed by atoms with van der Waals surface area (Å²) < 4.78 is 11.3. The summed E-state index contributed by atoms with van der Waals surface area (Å²) >= 11 is 0. The number of nitrogens with zero attached hydrogens (tertiary/aromatic N) is 1. The Morgan fingerprint density at radius 2 is 1.93 bits per heavy atom. The summed E-state index contributed by atoms with van der Waals surface area (Å²) in [6.07, 6.45) is 10.1. The lowest BCUT2D eigenvalue weighted by Gasteiger charge is -2.26. The van der Waals surface area contributed by atoms with E-state index in [1.54, 1.807) is 13.2 Å². The fourth-order valence-electron chi connectivity index (χ4n) is 3.44. The number of carbonyl (C=O) groups is 1.